The fraction of sp³-hybridized carbons (Fsp3) is 0.833. The van der Waals surface area contributed by atoms with Gasteiger partial charge in [-0.15, -0.1) is 0 Å². The molecule has 0 saturated carbocycles. The van der Waals surface area contributed by atoms with Gasteiger partial charge in [-0.2, -0.15) is 0 Å². The van der Waals surface area contributed by atoms with Crippen LogP contribution in [0.3, 0.4) is 0 Å². The summed E-state index contributed by atoms with van der Waals surface area (Å²) in [6.45, 7) is 8.81. The smallest absolute Gasteiger partial charge is 0.410 e. The summed E-state index contributed by atoms with van der Waals surface area (Å²) in [7, 11) is 0. The van der Waals surface area contributed by atoms with Crippen LogP contribution >= 0.6 is 0 Å². The number of aldehydes is 1. The van der Waals surface area contributed by atoms with Crippen molar-refractivity contribution in [2.45, 2.75) is 52.6 Å². The highest BCUT2D eigenvalue weighted by Crippen LogP contribution is 2.10. The summed E-state index contributed by atoms with van der Waals surface area (Å²) >= 11 is 0. The Morgan fingerprint density at radius 2 is 1.94 bits per heavy atom. The van der Waals surface area contributed by atoms with E-state index >= 15 is 0 Å². The van der Waals surface area contributed by atoms with E-state index in [1.807, 2.05) is 27.7 Å². The molecular weight excluding hydrogens is 206 g/mol. The quantitative estimate of drug-likeness (QED) is 0.519. The first-order valence-corrected chi connectivity index (χ1v) is 5.82. The summed E-state index contributed by atoms with van der Waals surface area (Å²) < 4.78 is 5.28. The zero-order valence-corrected chi connectivity index (χ0v) is 10.8. The summed E-state index contributed by atoms with van der Waals surface area (Å²) in [6.07, 6.45) is 2.66. The second kappa shape index (κ2) is 7.25. The third kappa shape index (κ3) is 7.26. The van der Waals surface area contributed by atoms with E-state index < -0.39 is 5.60 Å². The lowest BCUT2D eigenvalue weighted by Crippen LogP contribution is -2.37. The maximum absolute atomic E-state index is 11.8. The number of hydrogen-bond acceptors (Lipinski definition) is 3. The van der Waals surface area contributed by atoms with Crippen molar-refractivity contribution in [3.63, 3.8) is 0 Å². The van der Waals surface area contributed by atoms with Gasteiger partial charge in [-0.25, -0.2) is 4.79 Å². The molecule has 0 aliphatic heterocycles. The summed E-state index contributed by atoms with van der Waals surface area (Å²) in [5.41, 5.74) is -0.465. The molecule has 0 aliphatic carbocycles. The maximum Gasteiger partial charge on any atom is 0.410 e. The van der Waals surface area contributed by atoms with E-state index in [-0.39, 0.29) is 6.09 Å². The van der Waals surface area contributed by atoms with Crippen LogP contribution in [0.2, 0.25) is 0 Å². The molecule has 1 amide bonds. The number of carbonyl (C=O) groups excluding carboxylic acids is 2. The van der Waals surface area contributed by atoms with E-state index in [1.54, 1.807) is 4.90 Å². The summed E-state index contributed by atoms with van der Waals surface area (Å²) in [4.78, 5) is 23.6. The molecule has 0 aliphatic rings. The number of hydrogen-bond donors (Lipinski definition) is 0. The van der Waals surface area contributed by atoms with Crippen LogP contribution in [0, 0.1) is 0 Å². The lowest BCUT2D eigenvalue weighted by molar-refractivity contribution is -0.108. The van der Waals surface area contributed by atoms with E-state index in [4.69, 9.17) is 4.74 Å². The van der Waals surface area contributed by atoms with Gasteiger partial charge >= 0.3 is 6.09 Å². The van der Waals surface area contributed by atoms with Crippen molar-refractivity contribution in [1.29, 1.82) is 0 Å². The zero-order valence-electron chi connectivity index (χ0n) is 10.8. The molecule has 4 heteroatoms. The number of ether oxygens (including phenoxy) is 1. The Balaban J connectivity index is 4.17. The van der Waals surface area contributed by atoms with Crippen molar-refractivity contribution in [2.24, 2.45) is 0 Å². The Hall–Kier alpha value is -1.06. The highest BCUT2D eigenvalue weighted by molar-refractivity contribution is 5.68. The van der Waals surface area contributed by atoms with Crippen LogP contribution in [0.15, 0.2) is 0 Å². The van der Waals surface area contributed by atoms with Crippen LogP contribution in [0.5, 0.6) is 0 Å². The van der Waals surface area contributed by atoms with E-state index in [1.165, 1.54) is 0 Å². The average molecular weight is 229 g/mol. The fourth-order valence-electron chi connectivity index (χ4n) is 1.26. The number of amides is 1. The molecule has 0 atom stereocenters. The predicted octanol–water partition coefficient (Wildman–Crippen LogP) is 2.61. The van der Waals surface area contributed by atoms with Crippen molar-refractivity contribution < 1.29 is 14.3 Å². The Labute approximate surface area is 98.0 Å². The summed E-state index contributed by atoms with van der Waals surface area (Å²) in [5.74, 6) is 0. The normalized spacial score (nSPS) is 11.0. The van der Waals surface area contributed by atoms with Crippen LogP contribution in [0.4, 0.5) is 4.79 Å². The van der Waals surface area contributed by atoms with Crippen LogP contribution < -0.4 is 0 Å². The molecule has 0 unspecified atom stereocenters. The number of unbranched alkanes of at least 4 members (excludes halogenated alkanes) is 1. The van der Waals surface area contributed by atoms with Crippen LogP contribution in [-0.2, 0) is 9.53 Å². The van der Waals surface area contributed by atoms with Crippen LogP contribution in [-0.4, -0.2) is 36.0 Å². The molecule has 0 radical (unpaired) electrons. The van der Waals surface area contributed by atoms with Crippen molar-refractivity contribution >= 4 is 12.4 Å². The van der Waals surface area contributed by atoms with Gasteiger partial charge < -0.3 is 14.4 Å². The van der Waals surface area contributed by atoms with Gasteiger partial charge in [0.05, 0.1) is 0 Å². The van der Waals surface area contributed by atoms with E-state index in [2.05, 4.69) is 0 Å². The minimum absolute atomic E-state index is 0.291. The zero-order chi connectivity index (χ0) is 12.6. The molecule has 0 N–H and O–H groups in total. The van der Waals surface area contributed by atoms with Gasteiger partial charge in [0.2, 0.25) is 0 Å². The third-order valence-electron chi connectivity index (χ3n) is 1.90. The van der Waals surface area contributed by atoms with Crippen LogP contribution in [0.25, 0.3) is 0 Å². The average Bonchev–Trinajstić information content (AvgIpc) is 2.14. The molecule has 0 aromatic carbocycles. The molecule has 4 nitrogen and oxygen atoms in total. The number of carbonyl (C=O) groups is 2. The molecule has 0 rings (SSSR count). The van der Waals surface area contributed by atoms with Gasteiger partial charge in [-0.1, -0.05) is 6.92 Å². The minimum atomic E-state index is -0.465. The number of rotatable bonds is 6. The van der Waals surface area contributed by atoms with Crippen LogP contribution in [0.1, 0.15) is 47.0 Å². The third-order valence-corrected chi connectivity index (χ3v) is 1.90. The Morgan fingerprint density at radius 3 is 2.38 bits per heavy atom. The maximum atomic E-state index is 11.8. The van der Waals surface area contributed by atoms with E-state index in [0.717, 1.165) is 12.7 Å². The Kier molecular flexibility index (Phi) is 6.77. The van der Waals surface area contributed by atoms with Crippen molar-refractivity contribution in [1.82, 2.24) is 4.90 Å². The van der Waals surface area contributed by atoms with Gasteiger partial charge in [-0.05, 0) is 33.6 Å². The molecule has 0 aromatic rings. The van der Waals surface area contributed by atoms with Gasteiger partial charge in [0.25, 0.3) is 0 Å². The first kappa shape index (κ1) is 14.9. The SMILES string of the molecule is CCCN(CCCC=O)C(=O)OC(C)(C)C. The topological polar surface area (TPSA) is 46.6 Å². The molecule has 0 heterocycles. The largest absolute Gasteiger partial charge is 0.444 e. The van der Waals surface area contributed by atoms with Crippen molar-refractivity contribution in [2.75, 3.05) is 13.1 Å². The first-order valence-electron chi connectivity index (χ1n) is 5.82. The molecule has 0 spiro atoms. The van der Waals surface area contributed by atoms with Crippen molar-refractivity contribution in [3.05, 3.63) is 0 Å². The van der Waals surface area contributed by atoms with Gasteiger partial charge in [-0.3, -0.25) is 0 Å². The monoisotopic (exact) mass is 229 g/mol. The standard InChI is InChI=1S/C12H23NO3/c1-5-8-13(9-6-7-10-14)11(15)16-12(2,3)4/h10H,5-9H2,1-4H3. The molecular formula is C12H23NO3. The van der Waals surface area contributed by atoms with E-state index in [0.29, 0.717) is 25.9 Å². The Bertz CT molecular complexity index is 221. The second-order valence-corrected chi connectivity index (χ2v) is 4.78. The van der Waals surface area contributed by atoms with Gasteiger partial charge in [0, 0.05) is 19.5 Å². The van der Waals surface area contributed by atoms with Gasteiger partial charge in [0.1, 0.15) is 11.9 Å². The second-order valence-electron chi connectivity index (χ2n) is 4.78. The molecule has 94 valence electrons. The highest BCUT2D eigenvalue weighted by atomic mass is 16.6. The van der Waals surface area contributed by atoms with Crippen molar-refractivity contribution in [3.8, 4) is 0 Å². The molecule has 0 fully saturated rings. The minimum Gasteiger partial charge on any atom is -0.444 e. The Morgan fingerprint density at radius 1 is 1.31 bits per heavy atom. The van der Waals surface area contributed by atoms with Gasteiger partial charge in [0.15, 0.2) is 0 Å². The summed E-state index contributed by atoms with van der Waals surface area (Å²) in [5, 5.41) is 0. The molecule has 0 aromatic heterocycles. The summed E-state index contributed by atoms with van der Waals surface area (Å²) in [6, 6.07) is 0. The predicted molar refractivity (Wildman–Crippen MR) is 63.4 cm³/mol. The van der Waals surface area contributed by atoms with E-state index in [9.17, 15) is 9.59 Å². The first-order chi connectivity index (χ1) is 7.40. The number of nitrogens with zero attached hydrogens (tertiary/aromatic N) is 1. The molecule has 0 bridgehead atoms. The lowest BCUT2D eigenvalue weighted by Gasteiger charge is -2.27. The highest BCUT2D eigenvalue weighted by Gasteiger charge is 2.20. The lowest BCUT2D eigenvalue weighted by atomic mass is 10.2. The molecule has 0 saturated heterocycles. The fourth-order valence-corrected chi connectivity index (χ4v) is 1.26. The molecule has 16 heavy (non-hydrogen) atoms.